The molecule has 0 spiro atoms. The minimum absolute atomic E-state index is 0.165. The number of carbonyl (C=O) groups is 1. The minimum Gasteiger partial charge on any atom is -0.299 e. The van der Waals surface area contributed by atoms with E-state index in [1.807, 2.05) is 6.08 Å². The first kappa shape index (κ1) is 7.99. The summed E-state index contributed by atoms with van der Waals surface area (Å²) >= 11 is 3.49. The van der Waals surface area contributed by atoms with Crippen LogP contribution in [0.3, 0.4) is 0 Å². The first-order chi connectivity index (χ1) is 4.70. The molecule has 2 unspecified atom stereocenters. The zero-order valence-corrected chi connectivity index (χ0v) is 7.60. The number of rotatable bonds is 1. The summed E-state index contributed by atoms with van der Waals surface area (Å²) in [5.41, 5.74) is 0. The summed E-state index contributed by atoms with van der Waals surface area (Å²) in [5.74, 6) is 0.443. The van der Waals surface area contributed by atoms with Gasteiger partial charge in [-0.15, -0.1) is 0 Å². The number of hydrogen-bond donors (Lipinski definition) is 0. The van der Waals surface area contributed by atoms with Crippen molar-refractivity contribution < 1.29 is 4.79 Å². The lowest BCUT2D eigenvalue weighted by atomic mass is 9.93. The molecule has 1 aliphatic rings. The van der Waals surface area contributed by atoms with Crippen LogP contribution in [0.4, 0.5) is 0 Å². The Bertz CT molecular complexity index is 163. The molecule has 0 saturated heterocycles. The third-order valence-electron chi connectivity index (χ3n) is 1.79. The van der Waals surface area contributed by atoms with Gasteiger partial charge in [0, 0.05) is 10.7 Å². The molecule has 0 fully saturated rings. The largest absolute Gasteiger partial charge is 0.299 e. The van der Waals surface area contributed by atoms with Crippen LogP contribution in [0.25, 0.3) is 0 Å². The van der Waals surface area contributed by atoms with E-state index in [9.17, 15) is 4.79 Å². The molecule has 2 heteroatoms. The normalized spacial score (nSPS) is 32.2. The molecule has 2 atom stereocenters. The molecule has 0 aromatic carbocycles. The van der Waals surface area contributed by atoms with Crippen LogP contribution in [0.15, 0.2) is 12.2 Å². The zero-order valence-electron chi connectivity index (χ0n) is 6.01. The van der Waals surface area contributed by atoms with Gasteiger partial charge in [0.05, 0.1) is 0 Å². The van der Waals surface area contributed by atoms with Crippen LogP contribution in [0.1, 0.15) is 19.8 Å². The van der Waals surface area contributed by atoms with Crippen LogP contribution < -0.4 is 0 Å². The van der Waals surface area contributed by atoms with Crippen molar-refractivity contribution in [2.75, 3.05) is 0 Å². The van der Waals surface area contributed by atoms with E-state index in [0.29, 0.717) is 4.83 Å². The first-order valence-electron chi connectivity index (χ1n) is 3.51. The summed E-state index contributed by atoms with van der Waals surface area (Å²) in [5, 5.41) is 0. The van der Waals surface area contributed by atoms with Crippen molar-refractivity contribution in [3.8, 4) is 0 Å². The summed E-state index contributed by atoms with van der Waals surface area (Å²) in [4.78, 5) is 11.4. The van der Waals surface area contributed by atoms with Gasteiger partial charge in [0.15, 0.2) is 0 Å². The maximum Gasteiger partial charge on any atom is 0.136 e. The molecule has 0 aliphatic heterocycles. The quantitative estimate of drug-likeness (QED) is 0.472. The lowest BCUT2D eigenvalue weighted by Crippen LogP contribution is -2.16. The van der Waals surface area contributed by atoms with Crippen LogP contribution in [0.2, 0.25) is 0 Å². The summed E-state index contributed by atoms with van der Waals surface area (Å²) in [7, 11) is 0. The second-order valence-corrected chi connectivity index (χ2v) is 4.01. The molecule has 1 nitrogen and oxygen atoms in total. The van der Waals surface area contributed by atoms with Gasteiger partial charge >= 0.3 is 0 Å². The molecule has 0 N–H and O–H groups in total. The predicted molar refractivity (Wildman–Crippen MR) is 45.3 cm³/mol. The number of alkyl halides is 1. The molecule has 0 aromatic heterocycles. The Hall–Kier alpha value is -0.110. The van der Waals surface area contributed by atoms with E-state index in [4.69, 9.17) is 0 Å². The molecule has 0 bridgehead atoms. The molecule has 0 radical (unpaired) electrons. The van der Waals surface area contributed by atoms with E-state index in [1.54, 1.807) is 6.92 Å². The molecule has 1 rings (SSSR count). The Labute approximate surface area is 69.6 Å². The predicted octanol–water partition coefficient (Wildman–Crippen LogP) is 2.31. The fourth-order valence-corrected chi connectivity index (χ4v) is 1.76. The number of Topliss-reactive ketones (excluding diaryl/α,β-unsaturated/α-hetero) is 1. The molecule has 0 aromatic rings. The monoisotopic (exact) mass is 202 g/mol. The molecule has 1 aliphatic carbocycles. The highest BCUT2D eigenvalue weighted by molar-refractivity contribution is 9.09. The van der Waals surface area contributed by atoms with Crippen LogP contribution in [-0.2, 0) is 4.79 Å². The van der Waals surface area contributed by atoms with Crippen molar-refractivity contribution >= 4 is 21.7 Å². The minimum atomic E-state index is 0.165. The van der Waals surface area contributed by atoms with Gasteiger partial charge in [0.2, 0.25) is 0 Å². The maximum atomic E-state index is 10.9. The lowest BCUT2D eigenvalue weighted by molar-refractivity contribution is -0.119. The third-order valence-corrected chi connectivity index (χ3v) is 2.54. The van der Waals surface area contributed by atoms with Gasteiger partial charge < -0.3 is 0 Å². The van der Waals surface area contributed by atoms with Crippen molar-refractivity contribution in [1.82, 2.24) is 0 Å². The summed E-state index contributed by atoms with van der Waals surface area (Å²) in [6.45, 7) is 1.65. The average molecular weight is 203 g/mol. The number of allylic oxidation sites excluding steroid dienone is 2. The fourth-order valence-electron chi connectivity index (χ4n) is 1.14. The van der Waals surface area contributed by atoms with Gasteiger partial charge in [-0.3, -0.25) is 4.79 Å². The van der Waals surface area contributed by atoms with Crippen molar-refractivity contribution in [3.05, 3.63) is 12.2 Å². The molecule has 0 saturated carbocycles. The lowest BCUT2D eigenvalue weighted by Gasteiger charge is -2.17. The number of halogens is 1. The average Bonchev–Trinajstić information content (AvgIpc) is 1.88. The summed E-state index contributed by atoms with van der Waals surface area (Å²) < 4.78 is 0. The van der Waals surface area contributed by atoms with E-state index in [0.717, 1.165) is 12.8 Å². The number of ketones is 1. The summed E-state index contributed by atoms with van der Waals surface area (Å²) in [6, 6.07) is 0. The van der Waals surface area contributed by atoms with Crippen LogP contribution >= 0.6 is 15.9 Å². The Balaban J connectivity index is 2.55. The van der Waals surface area contributed by atoms with E-state index in [-0.39, 0.29) is 11.7 Å². The smallest absolute Gasteiger partial charge is 0.136 e. The van der Waals surface area contributed by atoms with Crippen LogP contribution in [-0.4, -0.2) is 10.6 Å². The Morgan fingerprint density at radius 1 is 1.70 bits per heavy atom. The number of hydrogen-bond acceptors (Lipinski definition) is 1. The Morgan fingerprint density at radius 2 is 2.40 bits per heavy atom. The molecule has 10 heavy (non-hydrogen) atoms. The highest BCUT2D eigenvalue weighted by atomic mass is 79.9. The molecule has 0 heterocycles. The maximum absolute atomic E-state index is 10.9. The Kier molecular flexibility index (Phi) is 2.66. The molecular weight excluding hydrogens is 192 g/mol. The fraction of sp³-hybridized carbons (Fsp3) is 0.625. The van der Waals surface area contributed by atoms with E-state index >= 15 is 0 Å². The van der Waals surface area contributed by atoms with Gasteiger partial charge in [-0.2, -0.15) is 0 Å². The Morgan fingerprint density at radius 3 is 2.80 bits per heavy atom. The van der Waals surface area contributed by atoms with Crippen molar-refractivity contribution in [2.45, 2.75) is 24.6 Å². The van der Waals surface area contributed by atoms with Gasteiger partial charge in [-0.25, -0.2) is 0 Å². The second kappa shape index (κ2) is 3.33. The number of carbonyl (C=O) groups excluding carboxylic acids is 1. The zero-order chi connectivity index (χ0) is 7.56. The van der Waals surface area contributed by atoms with Gasteiger partial charge in [0.25, 0.3) is 0 Å². The SMILES string of the molecule is CC(=O)C1C=CCC(Br)C1. The standard InChI is InChI=1S/C8H11BrO/c1-6(10)7-3-2-4-8(9)5-7/h2-3,7-8H,4-5H2,1H3. The molecular formula is C8H11BrO. The summed E-state index contributed by atoms with van der Waals surface area (Å²) in [6.07, 6.45) is 6.12. The second-order valence-electron chi connectivity index (χ2n) is 2.71. The first-order valence-corrected chi connectivity index (χ1v) is 4.43. The van der Waals surface area contributed by atoms with Crippen molar-refractivity contribution in [1.29, 1.82) is 0 Å². The van der Waals surface area contributed by atoms with Crippen molar-refractivity contribution in [2.24, 2.45) is 5.92 Å². The highest BCUT2D eigenvalue weighted by Crippen LogP contribution is 2.23. The van der Waals surface area contributed by atoms with E-state index < -0.39 is 0 Å². The van der Waals surface area contributed by atoms with Crippen LogP contribution in [0, 0.1) is 5.92 Å². The topological polar surface area (TPSA) is 17.1 Å². The van der Waals surface area contributed by atoms with Crippen LogP contribution in [0.5, 0.6) is 0 Å². The van der Waals surface area contributed by atoms with E-state index in [1.165, 1.54) is 0 Å². The molecule has 0 amide bonds. The molecule has 56 valence electrons. The van der Waals surface area contributed by atoms with Crippen molar-refractivity contribution in [3.63, 3.8) is 0 Å². The van der Waals surface area contributed by atoms with E-state index in [2.05, 4.69) is 22.0 Å². The van der Waals surface area contributed by atoms with Gasteiger partial charge in [-0.1, -0.05) is 28.1 Å². The van der Waals surface area contributed by atoms with Gasteiger partial charge in [-0.05, 0) is 19.8 Å². The third kappa shape index (κ3) is 1.94. The van der Waals surface area contributed by atoms with Gasteiger partial charge in [0.1, 0.15) is 5.78 Å². The highest BCUT2D eigenvalue weighted by Gasteiger charge is 2.18.